The second-order valence-electron chi connectivity index (χ2n) is 6.03. The molecule has 2 aliphatic rings. The molecule has 3 heterocycles. The first kappa shape index (κ1) is 15.7. The molecule has 0 radical (unpaired) electrons. The van der Waals surface area contributed by atoms with Gasteiger partial charge in [0.25, 0.3) is 5.91 Å². The fourth-order valence-corrected chi connectivity index (χ4v) is 3.07. The van der Waals surface area contributed by atoms with Crippen LogP contribution in [0.15, 0.2) is 0 Å². The Morgan fingerprint density at radius 2 is 2.00 bits per heavy atom. The number of carbonyl (C=O) groups excluding carboxylic acids is 1. The van der Waals surface area contributed by atoms with E-state index in [0.717, 1.165) is 24.1 Å². The number of hydrogen-bond acceptors (Lipinski definition) is 6. The highest BCUT2D eigenvalue weighted by molar-refractivity contribution is 5.81. The van der Waals surface area contributed by atoms with Gasteiger partial charge in [-0.05, 0) is 32.3 Å². The number of carbonyl (C=O) groups is 1. The molecule has 1 amide bonds. The molecular weight excluding hydrogens is 294 g/mol. The number of ether oxygens (including phenoxy) is 1. The van der Waals surface area contributed by atoms with Crippen LogP contribution in [0.25, 0.3) is 0 Å². The van der Waals surface area contributed by atoms with Crippen LogP contribution in [-0.2, 0) is 9.53 Å². The molecule has 2 fully saturated rings. The van der Waals surface area contributed by atoms with Gasteiger partial charge < -0.3 is 14.5 Å². The van der Waals surface area contributed by atoms with Gasteiger partial charge in [0.1, 0.15) is 17.7 Å². The molecule has 7 heteroatoms. The molecule has 122 valence electrons. The van der Waals surface area contributed by atoms with Gasteiger partial charge in [-0.3, -0.25) is 4.79 Å². The van der Waals surface area contributed by atoms with E-state index in [9.17, 15) is 10.1 Å². The maximum absolute atomic E-state index is 12.4. The van der Waals surface area contributed by atoms with Crippen molar-refractivity contribution >= 4 is 11.7 Å². The highest BCUT2D eigenvalue weighted by Gasteiger charge is 2.31. The summed E-state index contributed by atoms with van der Waals surface area (Å²) < 4.78 is 5.47. The average molecular weight is 315 g/mol. The molecule has 1 aromatic heterocycles. The van der Waals surface area contributed by atoms with Gasteiger partial charge in [-0.15, -0.1) is 5.10 Å². The van der Waals surface area contributed by atoms with E-state index in [2.05, 4.69) is 16.3 Å². The summed E-state index contributed by atoms with van der Waals surface area (Å²) >= 11 is 0. The molecule has 23 heavy (non-hydrogen) atoms. The van der Waals surface area contributed by atoms with Crippen molar-refractivity contribution in [2.75, 3.05) is 37.7 Å². The van der Waals surface area contributed by atoms with Crippen molar-refractivity contribution in [1.82, 2.24) is 15.1 Å². The van der Waals surface area contributed by atoms with Crippen molar-refractivity contribution in [3.05, 3.63) is 16.8 Å². The maximum Gasteiger partial charge on any atom is 0.251 e. The summed E-state index contributed by atoms with van der Waals surface area (Å²) in [5.41, 5.74) is 2.23. The van der Waals surface area contributed by atoms with Crippen molar-refractivity contribution in [2.45, 2.75) is 32.8 Å². The highest BCUT2D eigenvalue weighted by atomic mass is 16.5. The van der Waals surface area contributed by atoms with Crippen molar-refractivity contribution in [1.29, 1.82) is 5.26 Å². The largest absolute Gasteiger partial charge is 0.368 e. The number of rotatable bonds is 2. The van der Waals surface area contributed by atoms with Crippen LogP contribution in [0.1, 0.15) is 29.7 Å². The van der Waals surface area contributed by atoms with E-state index < -0.39 is 0 Å². The van der Waals surface area contributed by atoms with E-state index in [1.807, 2.05) is 23.6 Å². The molecule has 2 aliphatic heterocycles. The summed E-state index contributed by atoms with van der Waals surface area (Å²) in [5, 5.41) is 17.8. The van der Waals surface area contributed by atoms with Gasteiger partial charge in [0.05, 0.1) is 5.69 Å². The summed E-state index contributed by atoms with van der Waals surface area (Å²) in [4.78, 5) is 16.3. The van der Waals surface area contributed by atoms with Crippen LogP contribution in [-0.4, -0.2) is 59.9 Å². The number of aromatic nitrogens is 2. The lowest BCUT2D eigenvalue weighted by atomic mass is 10.1. The zero-order valence-corrected chi connectivity index (χ0v) is 13.6. The van der Waals surface area contributed by atoms with Gasteiger partial charge in [-0.2, -0.15) is 10.4 Å². The Kier molecular flexibility index (Phi) is 4.44. The molecule has 1 aromatic rings. The summed E-state index contributed by atoms with van der Waals surface area (Å²) in [6.07, 6.45) is 1.51. The summed E-state index contributed by atoms with van der Waals surface area (Å²) in [5.74, 6) is 0.716. The molecule has 0 unspecified atom stereocenters. The molecule has 0 spiro atoms. The van der Waals surface area contributed by atoms with Gasteiger partial charge in [0.2, 0.25) is 0 Å². The van der Waals surface area contributed by atoms with Crippen molar-refractivity contribution < 1.29 is 9.53 Å². The molecule has 2 saturated heterocycles. The number of hydrogen-bond donors (Lipinski definition) is 0. The first-order valence-electron chi connectivity index (χ1n) is 8.01. The summed E-state index contributed by atoms with van der Waals surface area (Å²) in [6.45, 7) is 6.99. The van der Waals surface area contributed by atoms with Crippen LogP contribution in [0.4, 0.5) is 5.82 Å². The number of piperazine rings is 1. The third-order valence-electron chi connectivity index (χ3n) is 4.64. The minimum atomic E-state index is -0.266. The van der Waals surface area contributed by atoms with Crippen molar-refractivity contribution in [2.24, 2.45) is 0 Å². The smallest absolute Gasteiger partial charge is 0.251 e. The van der Waals surface area contributed by atoms with E-state index in [-0.39, 0.29) is 12.0 Å². The van der Waals surface area contributed by atoms with Gasteiger partial charge >= 0.3 is 0 Å². The van der Waals surface area contributed by atoms with Gasteiger partial charge in [0, 0.05) is 32.8 Å². The second kappa shape index (κ2) is 6.50. The lowest BCUT2D eigenvalue weighted by Crippen LogP contribution is -2.51. The van der Waals surface area contributed by atoms with E-state index >= 15 is 0 Å². The Morgan fingerprint density at radius 1 is 1.26 bits per heavy atom. The number of anilines is 1. The predicted octanol–water partition coefficient (Wildman–Crippen LogP) is 0.793. The minimum Gasteiger partial charge on any atom is -0.368 e. The fraction of sp³-hybridized carbons (Fsp3) is 0.625. The molecule has 0 N–H and O–H groups in total. The van der Waals surface area contributed by atoms with Crippen LogP contribution in [0.2, 0.25) is 0 Å². The van der Waals surface area contributed by atoms with E-state index in [0.29, 0.717) is 44.2 Å². The van der Waals surface area contributed by atoms with Crippen LogP contribution >= 0.6 is 0 Å². The van der Waals surface area contributed by atoms with Crippen LogP contribution < -0.4 is 4.90 Å². The third-order valence-corrected chi connectivity index (χ3v) is 4.64. The molecule has 0 bridgehead atoms. The van der Waals surface area contributed by atoms with Gasteiger partial charge in [-0.1, -0.05) is 0 Å². The Labute approximate surface area is 135 Å². The van der Waals surface area contributed by atoms with E-state index in [1.165, 1.54) is 0 Å². The lowest BCUT2D eigenvalue weighted by Gasteiger charge is -2.36. The standard InChI is InChI=1S/C16H21N5O2/c1-11-12(2)18-19-15(13(11)10-17)20-5-7-21(8-6-20)16(22)14-4-3-9-23-14/h14H,3-9H2,1-2H3/t14-/m0/s1. The van der Waals surface area contributed by atoms with E-state index in [1.54, 1.807) is 0 Å². The van der Waals surface area contributed by atoms with Crippen LogP contribution in [0.3, 0.4) is 0 Å². The molecule has 0 saturated carbocycles. The zero-order valence-electron chi connectivity index (χ0n) is 13.6. The fourth-order valence-electron chi connectivity index (χ4n) is 3.07. The number of aryl methyl sites for hydroxylation is 1. The Morgan fingerprint density at radius 3 is 2.61 bits per heavy atom. The van der Waals surface area contributed by atoms with Gasteiger partial charge in [0.15, 0.2) is 5.82 Å². The highest BCUT2D eigenvalue weighted by Crippen LogP contribution is 2.23. The Balaban J connectivity index is 1.69. The third kappa shape index (κ3) is 2.99. The zero-order chi connectivity index (χ0) is 16.4. The molecule has 7 nitrogen and oxygen atoms in total. The SMILES string of the molecule is Cc1nnc(N2CCN(C(=O)[C@@H]3CCCO3)CC2)c(C#N)c1C. The molecule has 1 atom stereocenters. The number of nitrogens with zero attached hydrogens (tertiary/aromatic N) is 5. The quantitative estimate of drug-likeness (QED) is 0.802. The van der Waals surface area contributed by atoms with Crippen molar-refractivity contribution in [3.8, 4) is 6.07 Å². The van der Waals surface area contributed by atoms with Crippen LogP contribution in [0.5, 0.6) is 0 Å². The monoisotopic (exact) mass is 315 g/mol. The molecule has 3 rings (SSSR count). The van der Waals surface area contributed by atoms with E-state index in [4.69, 9.17) is 4.74 Å². The Hall–Kier alpha value is -2.20. The lowest BCUT2D eigenvalue weighted by molar-refractivity contribution is -0.141. The first-order chi connectivity index (χ1) is 11.1. The minimum absolute atomic E-state index is 0.0915. The molecule has 0 aromatic carbocycles. The van der Waals surface area contributed by atoms with Crippen LogP contribution in [0, 0.1) is 25.2 Å². The number of nitriles is 1. The summed E-state index contributed by atoms with van der Waals surface area (Å²) in [7, 11) is 0. The summed E-state index contributed by atoms with van der Waals surface area (Å²) in [6, 6.07) is 2.24. The first-order valence-corrected chi connectivity index (χ1v) is 8.01. The maximum atomic E-state index is 12.4. The molecular formula is C16H21N5O2. The molecule has 0 aliphatic carbocycles. The van der Waals surface area contributed by atoms with Crippen molar-refractivity contribution in [3.63, 3.8) is 0 Å². The topological polar surface area (TPSA) is 82.3 Å². The predicted molar refractivity (Wildman–Crippen MR) is 84.0 cm³/mol. The number of amides is 1. The Bertz CT molecular complexity index is 641. The van der Waals surface area contributed by atoms with Gasteiger partial charge in [-0.25, -0.2) is 0 Å². The normalized spacial score (nSPS) is 21.3. The average Bonchev–Trinajstić information content (AvgIpc) is 3.11. The second-order valence-corrected chi connectivity index (χ2v) is 6.03.